The first kappa shape index (κ1) is 15.6. The average Bonchev–Trinajstić information content (AvgIpc) is 2.47. The molecule has 0 aromatic heterocycles. The molecule has 1 aromatic rings. The number of nitrogens with one attached hydrogen (secondary N) is 2. The van der Waals surface area contributed by atoms with E-state index in [1.807, 2.05) is 6.07 Å². The van der Waals surface area contributed by atoms with Gasteiger partial charge in [-0.25, -0.2) is 0 Å². The van der Waals surface area contributed by atoms with Gasteiger partial charge in [-0.05, 0) is 30.7 Å². The van der Waals surface area contributed by atoms with Crippen LogP contribution in [0.4, 0.5) is 17.1 Å². The van der Waals surface area contributed by atoms with Crippen LogP contribution in [0.3, 0.4) is 0 Å². The van der Waals surface area contributed by atoms with Crippen LogP contribution in [0, 0.1) is 22.0 Å². The second kappa shape index (κ2) is 6.76. The van der Waals surface area contributed by atoms with Crippen LogP contribution in [0.1, 0.15) is 39.5 Å². The number of hydrogen-bond donors (Lipinski definition) is 3. The van der Waals surface area contributed by atoms with Crippen LogP contribution in [0.25, 0.3) is 0 Å². The molecule has 1 fully saturated rings. The summed E-state index contributed by atoms with van der Waals surface area (Å²) >= 11 is 0. The summed E-state index contributed by atoms with van der Waals surface area (Å²) in [5, 5.41) is 14.5. The molecule has 116 valence electrons. The Morgan fingerprint density at radius 3 is 2.52 bits per heavy atom. The number of nitrogens with two attached hydrogens (primary N) is 1. The van der Waals surface area contributed by atoms with E-state index >= 15 is 0 Å². The van der Waals surface area contributed by atoms with Crippen LogP contribution in [0.15, 0.2) is 18.2 Å². The zero-order valence-corrected chi connectivity index (χ0v) is 12.6. The number of nitro benzene ring substituents is 1. The minimum absolute atomic E-state index is 0.0462. The van der Waals surface area contributed by atoms with Gasteiger partial charge in [0.15, 0.2) is 0 Å². The third-order valence-corrected chi connectivity index (χ3v) is 4.32. The summed E-state index contributed by atoms with van der Waals surface area (Å²) in [4.78, 5) is 10.6. The number of rotatable bonds is 5. The van der Waals surface area contributed by atoms with Gasteiger partial charge in [0, 0.05) is 23.9 Å². The Morgan fingerprint density at radius 1 is 1.24 bits per heavy atom. The Bertz CT molecular complexity index is 504. The van der Waals surface area contributed by atoms with E-state index in [-0.39, 0.29) is 5.69 Å². The van der Waals surface area contributed by atoms with E-state index in [9.17, 15) is 10.1 Å². The fourth-order valence-corrected chi connectivity index (χ4v) is 3.23. The normalized spacial score (nSPS) is 22.1. The van der Waals surface area contributed by atoms with E-state index in [4.69, 9.17) is 5.84 Å². The molecule has 0 aliphatic heterocycles. The van der Waals surface area contributed by atoms with Gasteiger partial charge >= 0.3 is 0 Å². The lowest BCUT2D eigenvalue weighted by Gasteiger charge is -2.35. The monoisotopic (exact) mass is 292 g/mol. The summed E-state index contributed by atoms with van der Waals surface area (Å²) in [7, 11) is 0. The van der Waals surface area contributed by atoms with Gasteiger partial charge in [-0.2, -0.15) is 0 Å². The molecule has 2 rings (SSSR count). The van der Waals surface area contributed by atoms with Crippen LogP contribution >= 0.6 is 0 Å². The smallest absolute Gasteiger partial charge is 0.273 e. The Hall–Kier alpha value is -1.82. The molecule has 1 aromatic carbocycles. The van der Waals surface area contributed by atoms with Crippen molar-refractivity contribution in [3.63, 3.8) is 0 Å². The van der Waals surface area contributed by atoms with Gasteiger partial charge in [0.05, 0.1) is 10.6 Å². The molecule has 0 bridgehead atoms. The Balaban J connectivity index is 2.21. The van der Waals surface area contributed by atoms with Gasteiger partial charge in [0.25, 0.3) is 5.69 Å². The van der Waals surface area contributed by atoms with Crippen molar-refractivity contribution in [3.05, 3.63) is 28.3 Å². The lowest BCUT2D eigenvalue weighted by molar-refractivity contribution is -0.384. The quantitative estimate of drug-likeness (QED) is 0.438. The molecule has 1 aliphatic carbocycles. The SMILES string of the molecule is CC(C)C1CCCCC1Nc1cc(NN)cc([N+](=O)[O-])c1. The summed E-state index contributed by atoms with van der Waals surface area (Å²) in [6, 6.07) is 5.20. The maximum Gasteiger partial charge on any atom is 0.273 e. The highest BCUT2D eigenvalue weighted by Gasteiger charge is 2.27. The highest BCUT2D eigenvalue weighted by molar-refractivity contribution is 5.63. The lowest BCUT2D eigenvalue weighted by atomic mass is 9.78. The van der Waals surface area contributed by atoms with Crippen LogP contribution in [0.5, 0.6) is 0 Å². The number of nitrogen functional groups attached to an aromatic ring is 1. The topological polar surface area (TPSA) is 93.2 Å². The molecule has 6 nitrogen and oxygen atoms in total. The van der Waals surface area contributed by atoms with E-state index in [1.165, 1.54) is 25.3 Å². The zero-order valence-electron chi connectivity index (χ0n) is 12.6. The van der Waals surface area contributed by atoms with Gasteiger partial charge in [-0.1, -0.05) is 26.7 Å². The summed E-state index contributed by atoms with van der Waals surface area (Å²) in [6.45, 7) is 4.48. The third kappa shape index (κ3) is 3.85. The molecule has 0 heterocycles. The molecule has 2 unspecified atom stereocenters. The van der Waals surface area contributed by atoms with Gasteiger partial charge in [0.2, 0.25) is 0 Å². The van der Waals surface area contributed by atoms with Crippen molar-refractivity contribution in [2.75, 3.05) is 10.7 Å². The van der Waals surface area contributed by atoms with Crippen molar-refractivity contribution < 1.29 is 4.92 Å². The minimum atomic E-state index is -0.396. The molecular weight excluding hydrogens is 268 g/mol. The van der Waals surface area contributed by atoms with E-state index < -0.39 is 4.92 Å². The first-order valence-corrected chi connectivity index (χ1v) is 7.54. The molecule has 6 heteroatoms. The van der Waals surface area contributed by atoms with Crippen molar-refractivity contribution in [3.8, 4) is 0 Å². The number of non-ortho nitro benzene ring substituents is 1. The van der Waals surface area contributed by atoms with Gasteiger partial charge in [-0.3, -0.25) is 16.0 Å². The molecule has 2 atom stereocenters. The predicted molar refractivity (Wildman–Crippen MR) is 85.1 cm³/mol. The van der Waals surface area contributed by atoms with E-state index in [1.54, 1.807) is 6.07 Å². The van der Waals surface area contributed by atoms with Crippen molar-refractivity contribution in [2.45, 2.75) is 45.6 Å². The lowest BCUT2D eigenvalue weighted by Crippen LogP contribution is -2.35. The predicted octanol–water partition coefficient (Wildman–Crippen LogP) is 3.51. The highest BCUT2D eigenvalue weighted by Crippen LogP contribution is 2.33. The first-order chi connectivity index (χ1) is 10.0. The number of hydrazine groups is 1. The van der Waals surface area contributed by atoms with Crippen molar-refractivity contribution in [2.24, 2.45) is 17.7 Å². The summed E-state index contributed by atoms with van der Waals surface area (Å²) < 4.78 is 0. The van der Waals surface area contributed by atoms with Gasteiger partial charge < -0.3 is 10.7 Å². The van der Waals surface area contributed by atoms with Gasteiger partial charge in [-0.15, -0.1) is 0 Å². The molecule has 0 amide bonds. The molecule has 1 saturated carbocycles. The maximum absolute atomic E-state index is 11.0. The molecule has 0 radical (unpaired) electrons. The molecule has 0 saturated heterocycles. The summed E-state index contributed by atoms with van der Waals surface area (Å²) in [5.74, 6) is 6.61. The third-order valence-electron chi connectivity index (χ3n) is 4.32. The summed E-state index contributed by atoms with van der Waals surface area (Å²) in [6.07, 6.45) is 4.80. The van der Waals surface area contributed by atoms with Gasteiger partial charge in [0.1, 0.15) is 0 Å². The summed E-state index contributed by atoms with van der Waals surface area (Å²) in [5.41, 5.74) is 3.84. The number of nitrogens with zero attached hydrogens (tertiary/aromatic N) is 1. The van der Waals surface area contributed by atoms with Crippen LogP contribution < -0.4 is 16.6 Å². The Morgan fingerprint density at radius 2 is 1.90 bits per heavy atom. The first-order valence-electron chi connectivity index (χ1n) is 7.54. The zero-order chi connectivity index (χ0) is 15.4. The number of benzene rings is 1. The maximum atomic E-state index is 11.0. The van der Waals surface area contributed by atoms with Crippen LogP contribution in [-0.4, -0.2) is 11.0 Å². The van der Waals surface area contributed by atoms with E-state index in [0.717, 1.165) is 12.1 Å². The standard InChI is InChI=1S/C15H24N4O2/c1-10(2)14-5-3-4-6-15(14)17-11-7-12(18-16)9-13(8-11)19(20)21/h7-10,14-15,17-18H,3-6,16H2,1-2H3. The average molecular weight is 292 g/mol. The van der Waals surface area contributed by atoms with Crippen molar-refractivity contribution in [1.82, 2.24) is 0 Å². The van der Waals surface area contributed by atoms with Crippen LogP contribution in [-0.2, 0) is 0 Å². The van der Waals surface area contributed by atoms with Crippen molar-refractivity contribution >= 4 is 17.1 Å². The van der Waals surface area contributed by atoms with E-state index in [2.05, 4.69) is 24.6 Å². The van der Waals surface area contributed by atoms with Crippen molar-refractivity contribution in [1.29, 1.82) is 0 Å². The van der Waals surface area contributed by atoms with Crippen LogP contribution in [0.2, 0.25) is 0 Å². The minimum Gasteiger partial charge on any atom is -0.382 e. The Kier molecular flexibility index (Phi) is 5.01. The van der Waals surface area contributed by atoms with E-state index in [0.29, 0.717) is 23.6 Å². The number of hydrogen-bond acceptors (Lipinski definition) is 5. The second-order valence-electron chi connectivity index (χ2n) is 6.11. The largest absolute Gasteiger partial charge is 0.382 e. The fourth-order valence-electron chi connectivity index (χ4n) is 3.23. The second-order valence-corrected chi connectivity index (χ2v) is 6.11. The highest BCUT2D eigenvalue weighted by atomic mass is 16.6. The number of anilines is 2. The molecular formula is C15H24N4O2. The Labute approximate surface area is 125 Å². The molecule has 21 heavy (non-hydrogen) atoms. The molecule has 0 spiro atoms. The fraction of sp³-hybridized carbons (Fsp3) is 0.600. The molecule has 4 N–H and O–H groups in total. The molecule has 1 aliphatic rings. The number of nitro groups is 1.